The van der Waals surface area contributed by atoms with Crippen molar-refractivity contribution in [3.63, 3.8) is 0 Å². The van der Waals surface area contributed by atoms with Crippen molar-refractivity contribution in [2.24, 2.45) is 0 Å². The van der Waals surface area contributed by atoms with Gasteiger partial charge < -0.3 is 8.94 Å². The van der Waals surface area contributed by atoms with Gasteiger partial charge in [-0.15, -0.1) is 10.2 Å². The van der Waals surface area contributed by atoms with Crippen molar-refractivity contribution < 1.29 is 8.94 Å². The van der Waals surface area contributed by atoms with E-state index in [9.17, 15) is 0 Å². The van der Waals surface area contributed by atoms with Crippen molar-refractivity contribution in [1.82, 2.24) is 20.3 Å². The zero-order valence-corrected chi connectivity index (χ0v) is 13.9. The highest BCUT2D eigenvalue weighted by atomic mass is 16.5. The molecule has 3 heterocycles. The number of hydrogen-bond acceptors (Lipinski definition) is 6. The molecule has 0 unspecified atom stereocenters. The molecule has 0 N–H and O–H groups in total. The largest absolute Gasteiger partial charge is 0.424 e. The summed E-state index contributed by atoms with van der Waals surface area (Å²) in [6, 6.07) is 10.5. The van der Waals surface area contributed by atoms with Crippen molar-refractivity contribution in [3.05, 3.63) is 64.7 Å². The summed E-state index contributed by atoms with van der Waals surface area (Å²) in [5, 5.41) is 12.4. The van der Waals surface area contributed by atoms with Gasteiger partial charge in [0.25, 0.3) is 0 Å². The van der Waals surface area contributed by atoms with E-state index in [1.54, 1.807) is 0 Å². The second kappa shape index (κ2) is 6.20. The Bertz CT molecular complexity index is 839. The van der Waals surface area contributed by atoms with Crippen molar-refractivity contribution in [1.29, 1.82) is 0 Å². The van der Waals surface area contributed by atoms with E-state index in [4.69, 9.17) is 8.94 Å². The van der Waals surface area contributed by atoms with Crippen molar-refractivity contribution in [2.75, 3.05) is 0 Å². The van der Waals surface area contributed by atoms with Crippen LogP contribution in [0, 0.1) is 6.92 Å². The Morgan fingerprint density at radius 1 is 1.21 bits per heavy atom. The molecule has 0 aliphatic carbocycles. The zero-order valence-electron chi connectivity index (χ0n) is 13.9. The predicted molar refractivity (Wildman–Crippen MR) is 87.1 cm³/mol. The molecule has 1 aliphatic rings. The molecule has 0 fully saturated rings. The normalized spacial score (nSPS) is 17.8. The standard InChI is InChI=1S/C18H20N4O2/c1-3-17-19-20-18(23-17)16-9-13-6-4-5-7-14(13)10-22(16)11-15-8-12(2)21-24-15/h4-8,16H,3,9-11H2,1-2H3/t16-/m1/s1. The monoisotopic (exact) mass is 324 g/mol. The predicted octanol–water partition coefficient (Wildman–Crippen LogP) is 3.23. The number of nitrogens with zero attached hydrogens (tertiary/aromatic N) is 4. The maximum Gasteiger partial charge on any atom is 0.233 e. The molecule has 0 amide bonds. The first kappa shape index (κ1) is 15.1. The third-order valence-electron chi connectivity index (χ3n) is 4.45. The summed E-state index contributed by atoms with van der Waals surface area (Å²) < 4.78 is 11.3. The molecule has 3 aromatic rings. The molecule has 1 aliphatic heterocycles. The Balaban J connectivity index is 1.67. The van der Waals surface area contributed by atoms with Crippen molar-refractivity contribution in [2.45, 2.75) is 45.8 Å². The summed E-state index contributed by atoms with van der Waals surface area (Å²) in [5.41, 5.74) is 3.56. The number of aryl methyl sites for hydroxylation is 2. The Labute approximate surface area is 140 Å². The third-order valence-corrected chi connectivity index (χ3v) is 4.45. The van der Waals surface area contributed by atoms with Crippen LogP contribution in [-0.4, -0.2) is 20.3 Å². The van der Waals surface area contributed by atoms with Gasteiger partial charge in [-0.05, 0) is 24.5 Å². The van der Waals surface area contributed by atoms with Crippen LogP contribution in [0.15, 0.2) is 39.3 Å². The summed E-state index contributed by atoms with van der Waals surface area (Å²) in [4.78, 5) is 2.31. The van der Waals surface area contributed by atoms with Gasteiger partial charge >= 0.3 is 0 Å². The van der Waals surface area contributed by atoms with Crippen molar-refractivity contribution in [3.8, 4) is 0 Å². The smallest absolute Gasteiger partial charge is 0.233 e. The number of benzene rings is 1. The first-order valence-corrected chi connectivity index (χ1v) is 8.28. The Hall–Kier alpha value is -2.47. The highest BCUT2D eigenvalue weighted by Gasteiger charge is 2.31. The number of rotatable bonds is 4. The first-order valence-electron chi connectivity index (χ1n) is 8.28. The van der Waals surface area contributed by atoms with Crippen LogP contribution < -0.4 is 0 Å². The van der Waals surface area contributed by atoms with Crippen LogP contribution in [0.25, 0.3) is 0 Å². The quantitative estimate of drug-likeness (QED) is 0.734. The average Bonchev–Trinajstić information content (AvgIpc) is 3.23. The Morgan fingerprint density at radius 2 is 2.04 bits per heavy atom. The van der Waals surface area contributed by atoms with E-state index in [2.05, 4.69) is 44.5 Å². The summed E-state index contributed by atoms with van der Waals surface area (Å²) >= 11 is 0. The summed E-state index contributed by atoms with van der Waals surface area (Å²) in [5.74, 6) is 2.21. The molecule has 6 nitrogen and oxygen atoms in total. The lowest BCUT2D eigenvalue weighted by Crippen LogP contribution is -2.34. The first-order chi connectivity index (χ1) is 11.7. The van der Waals surface area contributed by atoms with Gasteiger partial charge in [-0.1, -0.05) is 36.3 Å². The van der Waals surface area contributed by atoms with E-state index in [-0.39, 0.29) is 6.04 Å². The van der Waals surface area contributed by atoms with Crippen LogP contribution in [0.3, 0.4) is 0 Å². The molecule has 1 aromatic carbocycles. The molecule has 24 heavy (non-hydrogen) atoms. The van der Waals surface area contributed by atoms with E-state index in [1.807, 2.05) is 19.9 Å². The lowest BCUT2D eigenvalue weighted by molar-refractivity contribution is 0.123. The maximum atomic E-state index is 5.85. The minimum atomic E-state index is 0.0538. The van der Waals surface area contributed by atoms with Crippen LogP contribution in [0.1, 0.15) is 47.3 Å². The maximum absolute atomic E-state index is 5.85. The number of fused-ring (bicyclic) bond motifs is 1. The lowest BCUT2D eigenvalue weighted by atomic mass is 9.94. The molecule has 0 spiro atoms. The minimum absolute atomic E-state index is 0.0538. The fourth-order valence-corrected chi connectivity index (χ4v) is 3.22. The van der Waals surface area contributed by atoms with E-state index in [0.29, 0.717) is 18.3 Å². The SMILES string of the molecule is CCc1nnc([C@H]2Cc3ccccc3CN2Cc2cc(C)no2)o1. The molecule has 0 radical (unpaired) electrons. The van der Waals surface area contributed by atoms with Gasteiger partial charge in [-0.25, -0.2) is 0 Å². The van der Waals surface area contributed by atoms with Crippen LogP contribution in [0.5, 0.6) is 0 Å². The summed E-state index contributed by atoms with van der Waals surface area (Å²) in [7, 11) is 0. The molecule has 124 valence electrons. The highest BCUT2D eigenvalue weighted by molar-refractivity contribution is 5.31. The highest BCUT2D eigenvalue weighted by Crippen LogP contribution is 2.33. The van der Waals surface area contributed by atoms with Crippen LogP contribution in [-0.2, 0) is 25.9 Å². The topological polar surface area (TPSA) is 68.2 Å². The fraction of sp³-hybridized carbons (Fsp3) is 0.389. The van der Waals surface area contributed by atoms with Gasteiger partial charge in [0, 0.05) is 19.0 Å². The molecule has 1 atom stereocenters. The molecule has 0 saturated carbocycles. The van der Waals surface area contributed by atoms with Crippen LogP contribution >= 0.6 is 0 Å². The van der Waals surface area contributed by atoms with E-state index >= 15 is 0 Å². The number of aromatic nitrogens is 3. The third kappa shape index (κ3) is 2.85. The zero-order chi connectivity index (χ0) is 16.5. The average molecular weight is 324 g/mol. The van der Waals surface area contributed by atoms with Gasteiger partial charge in [0.05, 0.1) is 18.3 Å². The Morgan fingerprint density at radius 3 is 2.75 bits per heavy atom. The van der Waals surface area contributed by atoms with Gasteiger partial charge in [-0.3, -0.25) is 4.90 Å². The van der Waals surface area contributed by atoms with Gasteiger partial charge in [-0.2, -0.15) is 0 Å². The fourth-order valence-electron chi connectivity index (χ4n) is 3.22. The van der Waals surface area contributed by atoms with Crippen LogP contribution in [0.2, 0.25) is 0 Å². The van der Waals surface area contributed by atoms with Crippen LogP contribution in [0.4, 0.5) is 0 Å². The van der Waals surface area contributed by atoms with E-state index < -0.39 is 0 Å². The van der Waals surface area contributed by atoms with Gasteiger partial charge in [0.15, 0.2) is 5.76 Å². The minimum Gasteiger partial charge on any atom is -0.424 e. The second-order valence-electron chi connectivity index (χ2n) is 6.22. The van der Waals surface area contributed by atoms with Crippen molar-refractivity contribution >= 4 is 0 Å². The summed E-state index contributed by atoms with van der Waals surface area (Å²) in [6.07, 6.45) is 1.60. The molecular weight excluding hydrogens is 304 g/mol. The van der Waals surface area contributed by atoms with E-state index in [1.165, 1.54) is 11.1 Å². The van der Waals surface area contributed by atoms with Gasteiger partial charge in [0.2, 0.25) is 11.8 Å². The lowest BCUT2D eigenvalue weighted by Gasteiger charge is -2.34. The number of hydrogen-bond donors (Lipinski definition) is 0. The van der Waals surface area contributed by atoms with Gasteiger partial charge in [0.1, 0.15) is 0 Å². The molecule has 4 rings (SSSR count). The molecular formula is C18H20N4O2. The van der Waals surface area contributed by atoms with E-state index in [0.717, 1.165) is 30.8 Å². The molecule has 0 bridgehead atoms. The molecule has 6 heteroatoms. The molecule has 2 aromatic heterocycles. The second-order valence-corrected chi connectivity index (χ2v) is 6.22. The molecule has 0 saturated heterocycles. The Kier molecular flexibility index (Phi) is 3.90. The summed E-state index contributed by atoms with van der Waals surface area (Å²) in [6.45, 7) is 5.44.